The lowest BCUT2D eigenvalue weighted by Gasteiger charge is -2.14. The van der Waals surface area contributed by atoms with Crippen LogP contribution in [0, 0.1) is 0 Å². The Balaban J connectivity index is 1.84. The van der Waals surface area contributed by atoms with E-state index in [4.69, 9.17) is 11.6 Å². The molecule has 1 saturated heterocycles. The minimum Gasteiger partial charge on any atom is -0.315 e. The first-order valence-electron chi connectivity index (χ1n) is 5.05. The van der Waals surface area contributed by atoms with Crippen LogP contribution in [0.2, 0.25) is 0 Å². The van der Waals surface area contributed by atoms with Gasteiger partial charge in [0.1, 0.15) is 12.2 Å². The highest BCUT2D eigenvalue weighted by molar-refractivity contribution is 6.16. The SMILES string of the molecule is ClCc1nncn1CCN1CCCC1. The van der Waals surface area contributed by atoms with Crippen molar-refractivity contribution < 1.29 is 0 Å². The molecular formula is C9H15ClN4. The number of halogens is 1. The average molecular weight is 215 g/mol. The zero-order valence-corrected chi connectivity index (χ0v) is 8.95. The predicted molar refractivity (Wildman–Crippen MR) is 55.3 cm³/mol. The van der Waals surface area contributed by atoms with Crippen molar-refractivity contribution in [2.24, 2.45) is 0 Å². The largest absolute Gasteiger partial charge is 0.315 e. The van der Waals surface area contributed by atoms with Gasteiger partial charge in [-0.3, -0.25) is 0 Å². The molecule has 0 aromatic carbocycles. The summed E-state index contributed by atoms with van der Waals surface area (Å²) in [4.78, 5) is 2.47. The summed E-state index contributed by atoms with van der Waals surface area (Å²) >= 11 is 5.73. The molecule has 1 fully saturated rings. The lowest BCUT2D eigenvalue weighted by molar-refractivity contribution is 0.321. The second-order valence-electron chi connectivity index (χ2n) is 3.62. The van der Waals surface area contributed by atoms with Crippen molar-refractivity contribution in [2.75, 3.05) is 19.6 Å². The second-order valence-corrected chi connectivity index (χ2v) is 3.89. The van der Waals surface area contributed by atoms with Gasteiger partial charge in [0.15, 0.2) is 0 Å². The summed E-state index contributed by atoms with van der Waals surface area (Å²) in [5.74, 6) is 1.31. The maximum absolute atomic E-state index is 5.73. The molecule has 0 N–H and O–H groups in total. The summed E-state index contributed by atoms with van der Waals surface area (Å²) in [7, 11) is 0. The van der Waals surface area contributed by atoms with Gasteiger partial charge in [-0.05, 0) is 25.9 Å². The molecule has 0 spiro atoms. The number of likely N-dealkylation sites (tertiary alicyclic amines) is 1. The van der Waals surface area contributed by atoms with Crippen LogP contribution in [0.4, 0.5) is 0 Å². The number of hydrogen-bond donors (Lipinski definition) is 0. The Morgan fingerprint density at radius 1 is 1.29 bits per heavy atom. The quantitative estimate of drug-likeness (QED) is 0.705. The highest BCUT2D eigenvalue weighted by Gasteiger charge is 2.11. The molecule has 0 unspecified atom stereocenters. The molecule has 78 valence electrons. The molecule has 14 heavy (non-hydrogen) atoms. The van der Waals surface area contributed by atoms with E-state index in [1.165, 1.54) is 25.9 Å². The van der Waals surface area contributed by atoms with Crippen molar-refractivity contribution in [2.45, 2.75) is 25.3 Å². The van der Waals surface area contributed by atoms with Gasteiger partial charge in [0.2, 0.25) is 0 Å². The minimum absolute atomic E-state index is 0.444. The van der Waals surface area contributed by atoms with Crippen LogP contribution < -0.4 is 0 Å². The van der Waals surface area contributed by atoms with Crippen LogP contribution >= 0.6 is 11.6 Å². The van der Waals surface area contributed by atoms with Gasteiger partial charge in [-0.15, -0.1) is 21.8 Å². The summed E-state index contributed by atoms with van der Waals surface area (Å²) in [5.41, 5.74) is 0. The van der Waals surface area contributed by atoms with Crippen LogP contribution in [0.3, 0.4) is 0 Å². The molecule has 0 atom stereocenters. The first kappa shape index (κ1) is 9.93. The van der Waals surface area contributed by atoms with Gasteiger partial charge in [0, 0.05) is 13.1 Å². The maximum atomic E-state index is 5.73. The van der Waals surface area contributed by atoms with Gasteiger partial charge >= 0.3 is 0 Å². The van der Waals surface area contributed by atoms with E-state index in [1.807, 2.05) is 4.57 Å². The maximum Gasteiger partial charge on any atom is 0.147 e. The van der Waals surface area contributed by atoms with E-state index in [1.54, 1.807) is 6.33 Å². The Morgan fingerprint density at radius 3 is 2.79 bits per heavy atom. The summed E-state index contributed by atoms with van der Waals surface area (Å²) in [6.45, 7) is 4.51. The molecule has 0 amide bonds. The van der Waals surface area contributed by atoms with Crippen molar-refractivity contribution in [3.8, 4) is 0 Å². The van der Waals surface area contributed by atoms with Crippen LogP contribution in [0.15, 0.2) is 6.33 Å². The van der Waals surface area contributed by atoms with Crippen molar-refractivity contribution in [1.29, 1.82) is 0 Å². The standard InChI is InChI=1S/C9H15ClN4/c10-7-9-12-11-8-14(9)6-5-13-3-1-2-4-13/h8H,1-7H2. The fourth-order valence-corrected chi connectivity index (χ4v) is 2.03. The van der Waals surface area contributed by atoms with E-state index in [-0.39, 0.29) is 0 Å². The van der Waals surface area contributed by atoms with Crippen molar-refractivity contribution >= 4 is 11.6 Å². The summed E-state index contributed by atoms with van der Waals surface area (Å²) in [6, 6.07) is 0. The molecule has 1 aliphatic rings. The average Bonchev–Trinajstić information content (AvgIpc) is 2.85. The Hall–Kier alpha value is -0.610. The number of aromatic nitrogens is 3. The fourth-order valence-electron chi connectivity index (χ4n) is 1.82. The Morgan fingerprint density at radius 2 is 2.07 bits per heavy atom. The lowest BCUT2D eigenvalue weighted by atomic mass is 10.4. The van der Waals surface area contributed by atoms with E-state index < -0.39 is 0 Å². The van der Waals surface area contributed by atoms with E-state index in [0.29, 0.717) is 5.88 Å². The molecule has 1 aromatic heterocycles. The van der Waals surface area contributed by atoms with Crippen LogP contribution in [0.1, 0.15) is 18.7 Å². The van der Waals surface area contributed by atoms with Crippen molar-refractivity contribution in [1.82, 2.24) is 19.7 Å². The molecule has 5 heteroatoms. The fraction of sp³-hybridized carbons (Fsp3) is 0.778. The van der Waals surface area contributed by atoms with Crippen LogP contribution in [0.5, 0.6) is 0 Å². The molecular weight excluding hydrogens is 200 g/mol. The monoisotopic (exact) mass is 214 g/mol. The number of alkyl halides is 1. The summed E-state index contributed by atoms with van der Waals surface area (Å²) < 4.78 is 2.03. The van der Waals surface area contributed by atoms with Gasteiger partial charge in [-0.2, -0.15) is 0 Å². The zero-order chi connectivity index (χ0) is 9.80. The topological polar surface area (TPSA) is 34.0 Å². The highest BCUT2D eigenvalue weighted by atomic mass is 35.5. The van der Waals surface area contributed by atoms with Gasteiger partial charge in [0.25, 0.3) is 0 Å². The number of hydrogen-bond acceptors (Lipinski definition) is 3. The van der Waals surface area contributed by atoms with Crippen molar-refractivity contribution in [3.63, 3.8) is 0 Å². The van der Waals surface area contributed by atoms with Crippen LogP contribution in [-0.4, -0.2) is 39.3 Å². The van der Waals surface area contributed by atoms with Gasteiger partial charge in [0.05, 0.1) is 5.88 Å². The third kappa shape index (κ3) is 2.25. The Bertz CT molecular complexity index is 280. The first-order valence-corrected chi connectivity index (χ1v) is 5.58. The molecule has 0 aliphatic carbocycles. The highest BCUT2D eigenvalue weighted by Crippen LogP contribution is 2.07. The normalized spacial score (nSPS) is 17.8. The van der Waals surface area contributed by atoms with E-state index in [0.717, 1.165) is 18.9 Å². The van der Waals surface area contributed by atoms with Gasteiger partial charge in [-0.1, -0.05) is 0 Å². The molecule has 0 radical (unpaired) electrons. The number of rotatable bonds is 4. The van der Waals surface area contributed by atoms with Crippen molar-refractivity contribution in [3.05, 3.63) is 12.2 Å². The first-order chi connectivity index (χ1) is 6.90. The Kier molecular flexibility index (Phi) is 3.37. The third-order valence-electron chi connectivity index (χ3n) is 2.67. The van der Waals surface area contributed by atoms with E-state index in [9.17, 15) is 0 Å². The van der Waals surface area contributed by atoms with Gasteiger partial charge < -0.3 is 9.47 Å². The molecule has 2 rings (SSSR count). The molecule has 4 nitrogen and oxygen atoms in total. The van der Waals surface area contributed by atoms with Gasteiger partial charge in [-0.25, -0.2) is 0 Å². The smallest absolute Gasteiger partial charge is 0.147 e. The summed E-state index contributed by atoms with van der Waals surface area (Å²) in [6.07, 6.45) is 4.43. The molecule has 2 heterocycles. The lowest BCUT2D eigenvalue weighted by Crippen LogP contribution is -2.24. The predicted octanol–water partition coefficient (Wildman–Crippen LogP) is 1.11. The minimum atomic E-state index is 0.444. The van der Waals surface area contributed by atoms with Crippen LogP contribution in [0.25, 0.3) is 0 Å². The zero-order valence-electron chi connectivity index (χ0n) is 8.19. The van der Waals surface area contributed by atoms with E-state index >= 15 is 0 Å². The van der Waals surface area contributed by atoms with E-state index in [2.05, 4.69) is 15.1 Å². The Labute approximate surface area is 88.9 Å². The molecule has 0 saturated carbocycles. The molecule has 1 aromatic rings. The second kappa shape index (κ2) is 4.75. The molecule has 1 aliphatic heterocycles. The van der Waals surface area contributed by atoms with Crippen LogP contribution in [-0.2, 0) is 12.4 Å². The number of nitrogens with zero attached hydrogens (tertiary/aromatic N) is 4. The molecule has 0 bridgehead atoms. The summed E-state index contributed by atoms with van der Waals surface area (Å²) in [5, 5.41) is 7.79. The third-order valence-corrected chi connectivity index (χ3v) is 2.91.